The molecule has 31 heavy (non-hydrogen) atoms. The molecule has 162 valence electrons. The van der Waals surface area contributed by atoms with Gasteiger partial charge in [-0.2, -0.15) is 0 Å². The number of amidine groups is 1. The first-order valence-corrected chi connectivity index (χ1v) is 9.08. The normalized spacial score (nSPS) is 17.2. The van der Waals surface area contributed by atoms with E-state index in [1.165, 1.54) is 41.3 Å². The van der Waals surface area contributed by atoms with Gasteiger partial charge in [-0.1, -0.05) is 6.07 Å². The Morgan fingerprint density at radius 1 is 1.29 bits per heavy atom. The third-order valence-corrected chi connectivity index (χ3v) is 4.61. The number of carbonyl (C=O) groups excluding carboxylic acids is 2. The minimum atomic E-state index is -1.91. The number of nitrogen functional groups attached to an aromatic ring is 1. The fourth-order valence-corrected chi connectivity index (χ4v) is 3.06. The van der Waals surface area contributed by atoms with E-state index < -0.39 is 41.6 Å². The van der Waals surface area contributed by atoms with Gasteiger partial charge in [-0.3, -0.25) is 15.0 Å². The molecule has 1 saturated heterocycles. The minimum Gasteiger partial charge on any atom is -0.478 e. The molecule has 0 radical (unpaired) electrons. The number of carboxylic acid groups (broad SMARTS) is 1. The lowest BCUT2D eigenvalue weighted by molar-refractivity contribution is -0.150. The van der Waals surface area contributed by atoms with Gasteiger partial charge in [0, 0.05) is 17.9 Å². The van der Waals surface area contributed by atoms with Gasteiger partial charge in [0.25, 0.3) is 11.8 Å². The number of benzene rings is 2. The van der Waals surface area contributed by atoms with E-state index in [-0.39, 0.29) is 35.7 Å². The number of hydrogen-bond donors (Lipinski definition) is 5. The molecule has 6 N–H and O–H groups in total. The van der Waals surface area contributed by atoms with Gasteiger partial charge in [0.15, 0.2) is 12.2 Å². The third-order valence-electron chi connectivity index (χ3n) is 4.61. The van der Waals surface area contributed by atoms with Crippen molar-refractivity contribution in [2.24, 2.45) is 5.73 Å². The van der Waals surface area contributed by atoms with Crippen LogP contribution in [0, 0.1) is 11.2 Å². The van der Waals surface area contributed by atoms with Gasteiger partial charge in [-0.15, -0.1) is 0 Å². The molecule has 10 nitrogen and oxygen atoms in total. The van der Waals surface area contributed by atoms with Crippen LogP contribution in [0.4, 0.5) is 15.8 Å². The Morgan fingerprint density at radius 3 is 2.68 bits per heavy atom. The second kappa shape index (κ2) is 8.90. The number of carboxylic acids is 1. The first-order chi connectivity index (χ1) is 14.7. The van der Waals surface area contributed by atoms with E-state index in [1.54, 1.807) is 0 Å². The van der Waals surface area contributed by atoms with E-state index in [0.29, 0.717) is 0 Å². The molecule has 3 rings (SSSR count). The molecule has 0 bridgehead atoms. The molecule has 1 fully saturated rings. The predicted molar refractivity (Wildman–Crippen MR) is 108 cm³/mol. The van der Waals surface area contributed by atoms with E-state index >= 15 is 0 Å². The molecular weight excluding hydrogens is 411 g/mol. The van der Waals surface area contributed by atoms with Crippen molar-refractivity contribution >= 4 is 35.0 Å². The molecule has 1 aliphatic rings. The van der Waals surface area contributed by atoms with Gasteiger partial charge >= 0.3 is 5.97 Å². The lowest BCUT2D eigenvalue weighted by Crippen LogP contribution is -2.55. The van der Waals surface area contributed by atoms with Gasteiger partial charge in [0.05, 0.1) is 17.7 Å². The van der Waals surface area contributed by atoms with Crippen LogP contribution in [0.3, 0.4) is 0 Å². The standard InChI is InChI=1S/C20H19FN4O6/c21-14-9-11(4-5-13(14)17(22)23)24-18(27)15(26)16-19(28)25(6-7-31-16)12-3-1-2-10(8-12)20(29)30/h1-5,8-9,15-16,26H,6-7H2,(H3,22,23)(H,24,27)(H,29,30)/t15-,16-/m1/s1. The van der Waals surface area contributed by atoms with E-state index in [9.17, 15) is 23.9 Å². The van der Waals surface area contributed by atoms with Crippen molar-refractivity contribution < 1.29 is 33.7 Å². The second-order valence-electron chi connectivity index (χ2n) is 6.68. The second-order valence-corrected chi connectivity index (χ2v) is 6.68. The Morgan fingerprint density at radius 2 is 2.03 bits per heavy atom. The molecule has 2 aromatic rings. The van der Waals surface area contributed by atoms with Crippen molar-refractivity contribution in [1.29, 1.82) is 5.41 Å². The monoisotopic (exact) mass is 430 g/mol. The zero-order valence-electron chi connectivity index (χ0n) is 16.0. The van der Waals surface area contributed by atoms with Crippen LogP contribution in [0.5, 0.6) is 0 Å². The number of nitrogens with zero attached hydrogens (tertiary/aromatic N) is 1. The number of carbonyl (C=O) groups is 3. The van der Waals surface area contributed by atoms with Gasteiger partial charge in [0.1, 0.15) is 11.7 Å². The summed E-state index contributed by atoms with van der Waals surface area (Å²) in [5, 5.41) is 29.0. The summed E-state index contributed by atoms with van der Waals surface area (Å²) in [6.07, 6.45) is -3.45. The molecule has 2 amide bonds. The molecule has 0 aliphatic carbocycles. The maximum atomic E-state index is 13.9. The summed E-state index contributed by atoms with van der Waals surface area (Å²) >= 11 is 0. The summed E-state index contributed by atoms with van der Waals surface area (Å²) in [5.41, 5.74) is 5.34. The molecule has 1 aliphatic heterocycles. The van der Waals surface area contributed by atoms with Crippen molar-refractivity contribution in [3.05, 3.63) is 59.4 Å². The summed E-state index contributed by atoms with van der Waals surface area (Å²) in [5.74, 6) is -4.22. The van der Waals surface area contributed by atoms with Gasteiger partial charge in [-0.05, 0) is 36.4 Å². The Bertz CT molecular complexity index is 1060. The molecule has 11 heteroatoms. The quantitative estimate of drug-likeness (QED) is 0.329. The fraction of sp³-hybridized carbons (Fsp3) is 0.200. The molecule has 2 aromatic carbocycles. The van der Waals surface area contributed by atoms with E-state index in [2.05, 4.69) is 5.32 Å². The highest BCUT2D eigenvalue weighted by Gasteiger charge is 2.39. The largest absolute Gasteiger partial charge is 0.478 e. The predicted octanol–water partition coefficient (Wildman–Crippen LogP) is 0.539. The lowest BCUT2D eigenvalue weighted by Gasteiger charge is -2.34. The number of anilines is 2. The molecule has 0 aromatic heterocycles. The zero-order valence-corrected chi connectivity index (χ0v) is 16.0. The summed E-state index contributed by atoms with van der Waals surface area (Å²) in [4.78, 5) is 37.6. The van der Waals surface area contributed by atoms with E-state index in [4.69, 9.17) is 21.0 Å². The number of rotatable bonds is 6. The molecule has 0 unspecified atom stereocenters. The number of aliphatic hydroxyl groups excluding tert-OH is 1. The Labute approximate surface area is 175 Å². The average molecular weight is 430 g/mol. The third kappa shape index (κ3) is 4.68. The lowest BCUT2D eigenvalue weighted by atomic mass is 10.1. The highest BCUT2D eigenvalue weighted by molar-refractivity contribution is 6.04. The van der Waals surface area contributed by atoms with Crippen molar-refractivity contribution in [3.63, 3.8) is 0 Å². The number of nitrogens with one attached hydrogen (secondary N) is 2. The Balaban J connectivity index is 1.74. The van der Waals surface area contributed by atoms with Crippen LogP contribution in [0.15, 0.2) is 42.5 Å². The molecule has 2 atom stereocenters. The van der Waals surface area contributed by atoms with Crippen molar-refractivity contribution in [1.82, 2.24) is 0 Å². The highest BCUT2D eigenvalue weighted by Crippen LogP contribution is 2.22. The van der Waals surface area contributed by atoms with Crippen LogP contribution in [-0.4, -0.2) is 59.2 Å². The first kappa shape index (κ1) is 21.9. The summed E-state index contributed by atoms with van der Waals surface area (Å²) < 4.78 is 19.2. The zero-order chi connectivity index (χ0) is 22.7. The number of aliphatic hydroxyl groups is 1. The minimum absolute atomic E-state index is 0.0000174. The fourth-order valence-electron chi connectivity index (χ4n) is 3.06. The maximum Gasteiger partial charge on any atom is 0.335 e. The van der Waals surface area contributed by atoms with Crippen molar-refractivity contribution in [2.75, 3.05) is 23.4 Å². The van der Waals surface area contributed by atoms with Crippen LogP contribution in [0.1, 0.15) is 15.9 Å². The number of amides is 2. The van der Waals surface area contributed by atoms with Crippen LogP contribution < -0.4 is 16.0 Å². The Kier molecular flexibility index (Phi) is 6.28. The molecule has 0 saturated carbocycles. The maximum absolute atomic E-state index is 13.9. The number of ether oxygens (including phenoxy) is 1. The van der Waals surface area contributed by atoms with E-state index in [1.807, 2.05) is 0 Å². The Hall–Kier alpha value is -3.83. The first-order valence-electron chi connectivity index (χ1n) is 9.08. The van der Waals surface area contributed by atoms with Gasteiger partial charge in [0.2, 0.25) is 0 Å². The van der Waals surface area contributed by atoms with Crippen LogP contribution in [-0.2, 0) is 14.3 Å². The molecule has 0 spiro atoms. The van der Waals surface area contributed by atoms with E-state index in [0.717, 1.165) is 6.07 Å². The van der Waals surface area contributed by atoms with Gasteiger partial charge in [-0.25, -0.2) is 9.18 Å². The molecule has 1 heterocycles. The number of halogens is 1. The topological polar surface area (TPSA) is 166 Å². The summed E-state index contributed by atoms with van der Waals surface area (Å²) in [6, 6.07) is 9.07. The van der Waals surface area contributed by atoms with Crippen LogP contribution in [0.25, 0.3) is 0 Å². The van der Waals surface area contributed by atoms with Crippen LogP contribution >= 0.6 is 0 Å². The summed E-state index contributed by atoms with van der Waals surface area (Å²) in [7, 11) is 0. The van der Waals surface area contributed by atoms with Crippen molar-refractivity contribution in [2.45, 2.75) is 12.2 Å². The average Bonchev–Trinajstić information content (AvgIpc) is 2.73. The molecular formula is C20H19FN4O6. The number of hydrogen-bond acceptors (Lipinski definition) is 6. The van der Waals surface area contributed by atoms with Crippen LogP contribution in [0.2, 0.25) is 0 Å². The SMILES string of the molecule is N=C(N)c1ccc(NC(=O)[C@H](O)[C@H]2OCCN(c3cccc(C(=O)O)c3)C2=O)cc1F. The van der Waals surface area contributed by atoms with Gasteiger partial charge < -0.3 is 30.9 Å². The van der Waals surface area contributed by atoms with Crippen molar-refractivity contribution in [3.8, 4) is 0 Å². The number of aromatic carboxylic acids is 1. The number of morpholine rings is 1. The summed E-state index contributed by atoms with van der Waals surface area (Å²) in [6.45, 7) is 0.102. The number of nitrogens with two attached hydrogens (primary N) is 1. The smallest absolute Gasteiger partial charge is 0.335 e. The highest BCUT2D eigenvalue weighted by atomic mass is 19.1.